The topological polar surface area (TPSA) is 50.4 Å². The number of hydrogen-bond donors (Lipinski definition) is 2. The summed E-state index contributed by atoms with van der Waals surface area (Å²) in [6.45, 7) is 5.75. The zero-order valence-electron chi connectivity index (χ0n) is 8.62. The van der Waals surface area contributed by atoms with Gasteiger partial charge in [0.2, 0.25) is 0 Å². The van der Waals surface area contributed by atoms with Gasteiger partial charge in [-0.05, 0) is 18.6 Å². The monoisotopic (exact) mass is 199 g/mol. The third kappa shape index (κ3) is 1.52. The third-order valence-electron chi connectivity index (χ3n) is 2.36. The predicted molar refractivity (Wildman–Crippen MR) is 64.6 cm³/mol. The van der Waals surface area contributed by atoms with Crippen LogP contribution in [-0.2, 0) is 0 Å². The minimum atomic E-state index is 0.428. The SMILES string of the molecule is C=Cc1cccc2c1/C(=C\C)NC(N)=N2. The second-order valence-electron chi connectivity index (χ2n) is 3.27. The molecule has 1 heterocycles. The number of hydrogen-bond acceptors (Lipinski definition) is 3. The molecule has 0 aromatic heterocycles. The molecule has 0 aliphatic carbocycles. The van der Waals surface area contributed by atoms with Gasteiger partial charge < -0.3 is 11.1 Å². The smallest absolute Gasteiger partial charge is 0.198 e. The van der Waals surface area contributed by atoms with Gasteiger partial charge in [-0.15, -0.1) is 0 Å². The first kappa shape index (κ1) is 9.52. The molecule has 3 nitrogen and oxygen atoms in total. The number of aliphatic imine (C=N–C) groups is 1. The molecule has 0 unspecified atom stereocenters. The van der Waals surface area contributed by atoms with Crippen LogP contribution in [0.2, 0.25) is 0 Å². The van der Waals surface area contributed by atoms with E-state index < -0.39 is 0 Å². The highest BCUT2D eigenvalue weighted by Gasteiger charge is 2.15. The highest BCUT2D eigenvalue weighted by molar-refractivity contribution is 5.97. The first-order chi connectivity index (χ1) is 7.26. The summed E-state index contributed by atoms with van der Waals surface area (Å²) in [5.74, 6) is 0.428. The van der Waals surface area contributed by atoms with E-state index in [-0.39, 0.29) is 0 Å². The number of nitrogens with zero attached hydrogens (tertiary/aromatic N) is 1. The third-order valence-corrected chi connectivity index (χ3v) is 2.36. The van der Waals surface area contributed by atoms with Crippen molar-refractivity contribution in [3.8, 4) is 0 Å². The molecule has 0 atom stereocenters. The van der Waals surface area contributed by atoms with Crippen LogP contribution in [0, 0.1) is 0 Å². The van der Waals surface area contributed by atoms with Gasteiger partial charge in [0.25, 0.3) is 0 Å². The van der Waals surface area contributed by atoms with E-state index in [0.717, 1.165) is 22.5 Å². The van der Waals surface area contributed by atoms with E-state index in [1.165, 1.54) is 0 Å². The summed E-state index contributed by atoms with van der Waals surface area (Å²) in [5, 5.41) is 3.04. The fraction of sp³-hybridized carbons (Fsp3) is 0.0833. The Morgan fingerprint density at radius 1 is 1.47 bits per heavy atom. The molecule has 0 saturated heterocycles. The lowest BCUT2D eigenvalue weighted by Gasteiger charge is -2.19. The summed E-state index contributed by atoms with van der Waals surface area (Å²) in [7, 11) is 0. The Kier molecular flexibility index (Phi) is 2.29. The molecule has 76 valence electrons. The van der Waals surface area contributed by atoms with Crippen LogP contribution < -0.4 is 11.1 Å². The first-order valence-electron chi connectivity index (χ1n) is 4.79. The lowest BCUT2D eigenvalue weighted by atomic mass is 10.0. The van der Waals surface area contributed by atoms with Gasteiger partial charge >= 0.3 is 0 Å². The van der Waals surface area contributed by atoms with Crippen LogP contribution >= 0.6 is 0 Å². The Morgan fingerprint density at radius 2 is 2.27 bits per heavy atom. The van der Waals surface area contributed by atoms with Crippen molar-refractivity contribution < 1.29 is 0 Å². The average molecular weight is 199 g/mol. The van der Waals surface area contributed by atoms with Crippen molar-refractivity contribution in [1.29, 1.82) is 0 Å². The fourth-order valence-corrected chi connectivity index (χ4v) is 1.69. The summed E-state index contributed by atoms with van der Waals surface area (Å²) in [4.78, 5) is 4.25. The van der Waals surface area contributed by atoms with E-state index in [2.05, 4.69) is 16.9 Å². The van der Waals surface area contributed by atoms with Crippen molar-refractivity contribution in [3.05, 3.63) is 42.0 Å². The van der Waals surface area contributed by atoms with Gasteiger partial charge in [0.1, 0.15) is 0 Å². The van der Waals surface area contributed by atoms with E-state index in [4.69, 9.17) is 5.73 Å². The molecular weight excluding hydrogens is 186 g/mol. The highest BCUT2D eigenvalue weighted by Crippen LogP contribution is 2.31. The standard InChI is InChI=1S/C12H13N3/c1-3-8-6-5-7-10-11(8)9(4-2)14-12(13)15-10/h3-7H,1H2,2H3,(H3,13,14,15)/b9-4+. The van der Waals surface area contributed by atoms with Crippen molar-refractivity contribution in [1.82, 2.24) is 5.32 Å². The maximum atomic E-state index is 5.68. The molecule has 1 aromatic carbocycles. The molecule has 2 rings (SSSR count). The highest BCUT2D eigenvalue weighted by atomic mass is 15.1. The predicted octanol–water partition coefficient (Wildman–Crippen LogP) is 2.24. The van der Waals surface area contributed by atoms with Gasteiger partial charge in [0, 0.05) is 11.3 Å². The van der Waals surface area contributed by atoms with Crippen LogP contribution in [0.15, 0.2) is 35.8 Å². The second-order valence-corrected chi connectivity index (χ2v) is 3.27. The molecule has 1 aliphatic heterocycles. The first-order valence-corrected chi connectivity index (χ1v) is 4.79. The molecule has 15 heavy (non-hydrogen) atoms. The lowest BCUT2D eigenvalue weighted by molar-refractivity contribution is 1.18. The number of allylic oxidation sites excluding steroid dienone is 1. The molecule has 3 N–H and O–H groups in total. The van der Waals surface area contributed by atoms with Crippen molar-refractivity contribution >= 4 is 23.4 Å². The quantitative estimate of drug-likeness (QED) is 0.728. The maximum absolute atomic E-state index is 5.68. The summed E-state index contributed by atoms with van der Waals surface area (Å²) in [6, 6.07) is 5.90. The van der Waals surface area contributed by atoms with Gasteiger partial charge in [-0.2, -0.15) is 0 Å². The Balaban J connectivity index is 2.72. The van der Waals surface area contributed by atoms with Crippen LogP contribution in [0.5, 0.6) is 0 Å². The number of nitrogens with one attached hydrogen (secondary N) is 1. The minimum Gasteiger partial charge on any atom is -0.369 e. The molecule has 0 radical (unpaired) electrons. The summed E-state index contributed by atoms with van der Waals surface area (Å²) >= 11 is 0. The van der Waals surface area contributed by atoms with Crippen molar-refractivity contribution in [2.24, 2.45) is 10.7 Å². The molecule has 3 heteroatoms. The zero-order valence-corrected chi connectivity index (χ0v) is 8.62. The van der Waals surface area contributed by atoms with Gasteiger partial charge in [-0.3, -0.25) is 0 Å². The molecule has 0 amide bonds. The number of fused-ring (bicyclic) bond motifs is 1. The summed E-state index contributed by atoms with van der Waals surface area (Å²) < 4.78 is 0. The maximum Gasteiger partial charge on any atom is 0.198 e. The molecule has 1 aliphatic rings. The van der Waals surface area contributed by atoms with Gasteiger partial charge in [0.05, 0.1) is 5.69 Å². The Morgan fingerprint density at radius 3 is 2.93 bits per heavy atom. The molecule has 1 aromatic rings. The zero-order chi connectivity index (χ0) is 10.8. The van der Waals surface area contributed by atoms with Gasteiger partial charge in [0.15, 0.2) is 5.96 Å². The van der Waals surface area contributed by atoms with Crippen LogP contribution in [0.25, 0.3) is 11.8 Å². The number of guanidine groups is 1. The number of rotatable bonds is 1. The Labute approximate surface area is 89.0 Å². The lowest BCUT2D eigenvalue weighted by Crippen LogP contribution is -2.32. The molecule has 0 spiro atoms. The second kappa shape index (κ2) is 3.61. The Bertz CT molecular complexity index is 470. The van der Waals surface area contributed by atoms with Crippen LogP contribution in [0.3, 0.4) is 0 Å². The van der Waals surface area contributed by atoms with Crippen LogP contribution in [0.1, 0.15) is 18.1 Å². The van der Waals surface area contributed by atoms with Crippen LogP contribution in [0.4, 0.5) is 5.69 Å². The molecule has 0 fully saturated rings. The van der Waals surface area contributed by atoms with Crippen molar-refractivity contribution in [3.63, 3.8) is 0 Å². The molecule has 0 saturated carbocycles. The van der Waals surface area contributed by atoms with E-state index >= 15 is 0 Å². The van der Waals surface area contributed by atoms with Crippen LogP contribution in [-0.4, -0.2) is 5.96 Å². The number of nitrogens with two attached hydrogens (primary N) is 1. The largest absolute Gasteiger partial charge is 0.369 e. The van der Waals surface area contributed by atoms with Crippen molar-refractivity contribution in [2.75, 3.05) is 0 Å². The van der Waals surface area contributed by atoms with E-state index in [0.29, 0.717) is 5.96 Å². The van der Waals surface area contributed by atoms with Gasteiger partial charge in [-0.1, -0.05) is 30.9 Å². The van der Waals surface area contributed by atoms with E-state index in [1.807, 2.05) is 37.3 Å². The fourth-order valence-electron chi connectivity index (χ4n) is 1.69. The summed E-state index contributed by atoms with van der Waals surface area (Å²) in [6.07, 6.45) is 3.80. The summed E-state index contributed by atoms with van der Waals surface area (Å²) in [5.41, 5.74) is 9.66. The van der Waals surface area contributed by atoms with Crippen molar-refractivity contribution in [2.45, 2.75) is 6.92 Å². The minimum absolute atomic E-state index is 0.428. The molecular formula is C12H13N3. The van der Waals surface area contributed by atoms with E-state index in [9.17, 15) is 0 Å². The average Bonchev–Trinajstić information content (AvgIpc) is 2.26. The molecule has 0 bridgehead atoms. The van der Waals surface area contributed by atoms with Gasteiger partial charge in [-0.25, -0.2) is 4.99 Å². The van der Waals surface area contributed by atoms with E-state index in [1.54, 1.807) is 0 Å². The Hall–Kier alpha value is -2.03. The normalized spacial score (nSPS) is 16.6. The number of benzene rings is 1.